The van der Waals surface area contributed by atoms with Crippen LogP contribution in [0, 0.1) is 0 Å². The minimum absolute atomic E-state index is 0.0546. The van der Waals surface area contributed by atoms with Crippen LogP contribution in [-0.2, 0) is 0 Å². The SMILES string of the molecule is O=c1c2ccccc2c2cnc(-n3c4ccccc4c4cc(-c5ccc6c(c5)c5ccccc5n6-c5ccccc5)ccc43)nc2n1-c1ccccc1.O=c1c2ccccc2c2nc(-n3c4ccccc4c4cc(-c5ccc6c(c5)c5ccccc5n6-c5ccccc5)ccc43)ccc2n1-c1ccccc1. The fraction of sp³-hybridized carbons (Fsp3) is 0. The fourth-order valence-corrected chi connectivity index (χ4v) is 16.4. The van der Waals surface area contributed by atoms with Crippen LogP contribution in [0.25, 0.3) is 188 Å². The third kappa shape index (κ3) is 9.36. The topological polar surface area (TPSA) is 102 Å². The molecule has 8 aromatic heterocycles. The van der Waals surface area contributed by atoms with Gasteiger partial charge in [0.25, 0.3) is 11.1 Å². The Hall–Kier alpha value is -14.6. The van der Waals surface area contributed by atoms with Gasteiger partial charge in [0.1, 0.15) is 5.82 Å². The van der Waals surface area contributed by atoms with Crippen molar-refractivity contribution in [1.82, 2.24) is 42.4 Å². The Morgan fingerprint density at radius 1 is 0.208 bits per heavy atom. The van der Waals surface area contributed by atoms with E-state index < -0.39 is 0 Å². The quantitative estimate of drug-likeness (QED) is 0.141. The molecule has 106 heavy (non-hydrogen) atoms. The lowest BCUT2D eigenvalue weighted by Gasteiger charge is -2.15. The summed E-state index contributed by atoms with van der Waals surface area (Å²) in [7, 11) is 0. The van der Waals surface area contributed by atoms with E-state index >= 15 is 0 Å². The molecule has 496 valence electrons. The van der Waals surface area contributed by atoms with Gasteiger partial charge in [-0.1, -0.05) is 206 Å². The van der Waals surface area contributed by atoms with Crippen LogP contribution in [0.4, 0.5) is 0 Å². The number of benzene rings is 14. The second-order valence-electron chi connectivity index (χ2n) is 27.0. The standard InChI is InChI=1S/C48H30N4O.C47H29N5O/c53-48-38-20-8-7-19-37(38)47-45(51(48)34-15-5-2-6-16-34)27-28-46(49-47)52-42-22-12-10-18-36(42)40-30-32(24-26-44(40)52)31-23-25-43-39(29-31)35-17-9-11-21-41(35)50(43)33-13-3-1-4-14-33;53-46-37-20-8-7-17-34(37)40-29-48-47(49-45(40)51(46)33-15-5-2-6-16-33)52-42-22-12-10-19-36(42)39-28-31(24-26-44(39)52)30-23-25-43-38(27-30)35-18-9-11-21-41(35)50(43)32-13-3-1-4-14-32/h1-30H;1-29H. The third-order valence-electron chi connectivity index (χ3n) is 21.2. The third-order valence-corrected chi connectivity index (χ3v) is 21.2. The molecule has 22 rings (SSSR count). The molecule has 8 heterocycles. The molecule has 0 N–H and O–H groups in total. The molecule has 0 fully saturated rings. The summed E-state index contributed by atoms with van der Waals surface area (Å²) in [5, 5.41) is 13.2. The van der Waals surface area contributed by atoms with Gasteiger partial charge in [0, 0.05) is 87.9 Å². The van der Waals surface area contributed by atoms with Gasteiger partial charge in [-0.2, -0.15) is 4.98 Å². The van der Waals surface area contributed by atoms with Crippen molar-refractivity contribution in [3.63, 3.8) is 0 Å². The Labute approximate surface area is 605 Å². The molecule has 14 aromatic carbocycles. The van der Waals surface area contributed by atoms with E-state index in [0.29, 0.717) is 22.4 Å². The zero-order valence-electron chi connectivity index (χ0n) is 56.9. The monoisotopic (exact) mass is 1360 g/mol. The number of nitrogens with zero attached hydrogens (tertiary/aromatic N) is 9. The summed E-state index contributed by atoms with van der Waals surface area (Å²) in [6, 6.07) is 121. The summed E-state index contributed by atoms with van der Waals surface area (Å²) in [4.78, 5) is 43.4. The number of hydrogen-bond acceptors (Lipinski definition) is 5. The van der Waals surface area contributed by atoms with Gasteiger partial charge in [-0.3, -0.25) is 27.9 Å². The van der Waals surface area contributed by atoms with E-state index in [4.69, 9.17) is 15.0 Å². The minimum Gasteiger partial charge on any atom is -0.309 e. The summed E-state index contributed by atoms with van der Waals surface area (Å²) in [6.45, 7) is 0. The predicted octanol–water partition coefficient (Wildman–Crippen LogP) is 22.2. The molecule has 0 unspecified atom stereocenters. The van der Waals surface area contributed by atoms with Crippen molar-refractivity contribution in [3.05, 3.63) is 379 Å². The van der Waals surface area contributed by atoms with Crippen molar-refractivity contribution in [3.8, 4) is 56.8 Å². The van der Waals surface area contributed by atoms with Gasteiger partial charge in [0.15, 0.2) is 5.65 Å². The Morgan fingerprint density at radius 3 is 0.972 bits per heavy atom. The molecule has 11 nitrogen and oxygen atoms in total. The Kier molecular flexibility index (Phi) is 13.7. The minimum atomic E-state index is -0.111. The van der Waals surface area contributed by atoms with Crippen LogP contribution in [0.15, 0.2) is 368 Å². The Morgan fingerprint density at radius 2 is 0.519 bits per heavy atom. The Balaban J connectivity index is 0.000000136. The smallest absolute Gasteiger partial charge is 0.264 e. The molecule has 0 aliphatic rings. The van der Waals surface area contributed by atoms with Gasteiger partial charge >= 0.3 is 0 Å². The molecule has 0 amide bonds. The normalized spacial score (nSPS) is 11.8. The van der Waals surface area contributed by atoms with E-state index in [0.717, 1.165) is 116 Å². The van der Waals surface area contributed by atoms with Crippen LogP contribution >= 0.6 is 0 Å². The summed E-state index contributed by atoms with van der Waals surface area (Å²) < 4.78 is 12.5. The van der Waals surface area contributed by atoms with Crippen LogP contribution < -0.4 is 11.1 Å². The number of fused-ring (bicyclic) bond motifs is 18. The molecule has 0 bridgehead atoms. The molecule has 0 radical (unpaired) electrons. The van der Waals surface area contributed by atoms with E-state index in [9.17, 15) is 9.59 Å². The number of aromatic nitrogens is 9. The second kappa shape index (κ2) is 24.1. The number of pyridine rings is 3. The first-order chi connectivity index (χ1) is 52.5. The van der Waals surface area contributed by atoms with Crippen molar-refractivity contribution < 1.29 is 0 Å². The van der Waals surface area contributed by atoms with Crippen molar-refractivity contribution in [2.45, 2.75) is 0 Å². The highest BCUT2D eigenvalue weighted by molar-refractivity contribution is 6.16. The summed E-state index contributed by atoms with van der Waals surface area (Å²) in [5.74, 6) is 1.31. The molecule has 0 atom stereocenters. The predicted molar refractivity (Wildman–Crippen MR) is 436 cm³/mol. The van der Waals surface area contributed by atoms with Crippen LogP contribution in [-0.4, -0.2) is 42.4 Å². The first kappa shape index (κ1) is 60.2. The van der Waals surface area contributed by atoms with Gasteiger partial charge in [-0.15, -0.1) is 0 Å². The Bertz CT molecular complexity index is 7500. The lowest BCUT2D eigenvalue weighted by atomic mass is 10.0. The van der Waals surface area contributed by atoms with Crippen LogP contribution in [0.1, 0.15) is 0 Å². The maximum absolute atomic E-state index is 14.1. The molecular weight excluding hydrogens is 1300 g/mol. The molecule has 0 aliphatic heterocycles. The lowest BCUT2D eigenvalue weighted by Crippen LogP contribution is -2.20. The molecule has 0 saturated heterocycles. The summed E-state index contributed by atoms with van der Waals surface area (Å²) >= 11 is 0. The van der Waals surface area contributed by atoms with Gasteiger partial charge in [-0.25, -0.2) is 9.97 Å². The number of rotatable bonds is 8. The molecule has 22 aromatic rings. The van der Waals surface area contributed by atoms with Crippen molar-refractivity contribution >= 4 is 131 Å². The molecule has 0 saturated carbocycles. The fourth-order valence-electron chi connectivity index (χ4n) is 16.4. The highest BCUT2D eigenvalue weighted by Crippen LogP contribution is 2.42. The molecule has 11 heteroatoms. The summed E-state index contributed by atoms with van der Waals surface area (Å²) in [5.41, 5.74) is 19.3. The van der Waals surface area contributed by atoms with Gasteiger partial charge in [0.2, 0.25) is 5.95 Å². The van der Waals surface area contributed by atoms with Crippen molar-refractivity contribution in [2.75, 3.05) is 0 Å². The van der Waals surface area contributed by atoms with Crippen LogP contribution in [0.2, 0.25) is 0 Å². The average Bonchev–Trinajstić information content (AvgIpc) is 1.40. The number of hydrogen-bond donors (Lipinski definition) is 0. The average molecular weight is 1360 g/mol. The summed E-state index contributed by atoms with van der Waals surface area (Å²) in [6.07, 6.45) is 1.86. The van der Waals surface area contributed by atoms with E-state index in [1.165, 1.54) is 49.2 Å². The molecular formula is C95H59N9O2. The van der Waals surface area contributed by atoms with E-state index in [1.807, 2.05) is 134 Å². The van der Waals surface area contributed by atoms with Crippen molar-refractivity contribution in [1.29, 1.82) is 0 Å². The highest BCUT2D eigenvalue weighted by atomic mass is 16.1. The van der Waals surface area contributed by atoms with Gasteiger partial charge in [-0.05, 0) is 173 Å². The van der Waals surface area contributed by atoms with Crippen LogP contribution in [0.3, 0.4) is 0 Å². The van der Waals surface area contributed by atoms with E-state index in [1.54, 1.807) is 9.13 Å². The zero-order valence-corrected chi connectivity index (χ0v) is 56.9. The van der Waals surface area contributed by atoms with E-state index in [2.05, 4.69) is 243 Å². The maximum Gasteiger partial charge on any atom is 0.264 e. The first-order valence-corrected chi connectivity index (χ1v) is 35.6. The highest BCUT2D eigenvalue weighted by Gasteiger charge is 2.23. The van der Waals surface area contributed by atoms with Gasteiger partial charge < -0.3 is 9.13 Å². The zero-order chi connectivity index (χ0) is 70.1. The lowest BCUT2D eigenvalue weighted by molar-refractivity contribution is 0.965. The maximum atomic E-state index is 14.1. The largest absolute Gasteiger partial charge is 0.309 e. The molecule has 0 aliphatic carbocycles. The van der Waals surface area contributed by atoms with Crippen molar-refractivity contribution in [2.24, 2.45) is 0 Å². The van der Waals surface area contributed by atoms with Gasteiger partial charge in [0.05, 0.1) is 60.9 Å². The molecule has 0 spiro atoms. The number of para-hydroxylation sites is 8. The first-order valence-electron chi connectivity index (χ1n) is 35.6. The van der Waals surface area contributed by atoms with E-state index in [-0.39, 0.29) is 11.1 Å². The van der Waals surface area contributed by atoms with Crippen LogP contribution in [0.5, 0.6) is 0 Å². The second-order valence-corrected chi connectivity index (χ2v) is 27.0.